The Hall–Kier alpha value is -3.77. The van der Waals surface area contributed by atoms with Crippen molar-refractivity contribution in [2.45, 2.75) is 44.9 Å². The van der Waals surface area contributed by atoms with Gasteiger partial charge in [0.05, 0.1) is 17.9 Å². The number of aromatic nitrogens is 1. The lowest BCUT2D eigenvalue weighted by Gasteiger charge is -2.46. The standard InChI is InChI=1S/C24H24F5N5O3/c1-12-7-15(9-31-19(12)30)32-20(35)21(36)34-10-13(2)33(22(37)23(5-6-23)24(27,28)29)11-18(34)14-3-4-16(25)17(26)8-14/h3-4,7-9,13,18H,5-6,10-11H2,1-2H3,(H2,30,31)(H,32,35)/t13-,18-/m1/s1. The molecule has 2 heterocycles. The van der Waals surface area contributed by atoms with Crippen LogP contribution < -0.4 is 11.1 Å². The third-order valence-corrected chi connectivity index (χ3v) is 6.86. The molecule has 1 aromatic carbocycles. The number of benzene rings is 1. The number of nitrogen functional groups attached to an aromatic ring is 1. The van der Waals surface area contributed by atoms with E-state index in [0.29, 0.717) is 5.56 Å². The van der Waals surface area contributed by atoms with E-state index < -0.39 is 59.6 Å². The summed E-state index contributed by atoms with van der Waals surface area (Å²) >= 11 is 0. The number of pyridine rings is 1. The number of rotatable bonds is 3. The van der Waals surface area contributed by atoms with Gasteiger partial charge in [-0.15, -0.1) is 0 Å². The lowest BCUT2D eigenvalue weighted by molar-refractivity contribution is -0.201. The molecule has 1 saturated carbocycles. The second-order valence-corrected chi connectivity index (χ2v) is 9.41. The molecule has 2 aliphatic rings. The van der Waals surface area contributed by atoms with E-state index in [1.807, 2.05) is 0 Å². The molecule has 13 heteroatoms. The zero-order valence-corrected chi connectivity index (χ0v) is 19.9. The number of anilines is 2. The van der Waals surface area contributed by atoms with Crippen molar-refractivity contribution in [1.29, 1.82) is 0 Å². The van der Waals surface area contributed by atoms with Gasteiger partial charge in [0.15, 0.2) is 11.6 Å². The molecule has 3 amide bonds. The highest BCUT2D eigenvalue weighted by molar-refractivity contribution is 6.39. The van der Waals surface area contributed by atoms with Crippen LogP contribution in [0, 0.1) is 24.0 Å². The van der Waals surface area contributed by atoms with Crippen LogP contribution in [0.15, 0.2) is 30.5 Å². The first kappa shape index (κ1) is 26.3. The monoisotopic (exact) mass is 525 g/mol. The molecule has 1 aliphatic heterocycles. The Morgan fingerprint density at radius 1 is 1.08 bits per heavy atom. The van der Waals surface area contributed by atoms with Gasteiger partial charge in [0, 0.05) is 19.1 Å². The van der Waals surface area contributed by atoms with E-state index in [0.717, 1.165) is 28.0 Å². The van der Waals surface area contributed by atoms with Crippen LogP contribution in [0.2, 0.25) is 0 Å². The van der Waals surface area contributed by atoms with Crippen molar-refractivity contribution < 1.29 is 36.3 Å². The van der Waals surface area contributed by atoms with Gasteiger partial charge in [-0.1, -0.05) is 6.07 Å². The predicted molar refractivity (Wildman–Crippen MR) is 122 cm³/mol. The van der Waals surface area contributed by atoms with Gasteiger partial charge in [0.25, 0.3) is 0 Å². The predicted octanol–water partition coefficient (Wildman–Crippen LogP) is 3.33. The molecule has 0 bridgehead atoms. The molecular formula is C24H24F5N5O3. The van der Waals surface area contributed by atoms with E-state index in [9.17, 15) is 36.3 Å². The van der Waals surface area contributed by atoms with Crippen molar-refractivity contribution in [1.82, 2.24) is 14.8 Å². The number of amides is 3. The minimum Gasteiger partial charge on any atom is -0.383 e. The van der Waals surface area contributed by atoms with Crippen molar-refractivity contribution in [2.24, 2.45) is 5.41 Å². The van der Waals surface area contributed by atoms with Crippen LogP contribution in [0.4, 0.5) is 33.5 Å². The zero-order chi connectivity index (χ0) is 27.3. The Morgan fingerprint density at radius 3 is 2.32 bits per heavy atom. The summed E-state index contributed by atoms with van der Waals surface area (Å²) in [5.74, 6) is -5.48. The smallest absolute Gasteiger partial charge is 0.383 e. The van der Waals surface area contributed by atoms with Crippen LogP contribution in [-0.4, -0.2) is 57.8 Å². The van der Waals surface area contributed by atoms with E-state index in [4.69, 9.17) is 5.73 Å². The summed E-state index contributed by atoms with van der Waals surface area (Å²) in [5.41, 5.74) is 3.90. The van der Waals surface area contributed by atoms with E-state index in [1.54, 1.807) is 6.92 Å². The molecule has 1 saturated heterocycles. The Labute approximate surface area is 208 Å². The average molecular weight is 525 g/mol. The molecule has 1 aliphatic carbocycles. The number of carbonyl (C=O) groups excluding carboxylic acids is 3. The normalized spacial score (nSPS) is 20.9. The lowest BCUT2D eigenvalue weighted by atomic mass is 9.96. The van der Waals surface area contributed by atoms with Gasteiger partial charge in [-0.2, -0.15) is 13.2 Å². The molecule has 198 valence electrons. The largest absolute Gasteiger partial charge is 0.403 e. The van der Waals surface area contributed by atoms with E-state index in [1.165, 1.54) is 19.2 Å². The summed E-state index contributed by atoms with van der Waals surface area (Å²) in [5, 5.41) is 2.39. The van der Waals surface area contributed by atoms with Crippen LogP contribution >= 0.6 is 0 Å². The topological polar surface area (TPSA) is 109 Å². The second kappa shape index (κ2) is 9.27. The Kier molecular flexibility index (Phi) is 6.59. The third-order valence-electron chi connectivity index (χ3n) is 6.86. The molecule has 4 rings (SSSR count). The van der Waals surface area contributed by atoms with Gasteiger partial charge < -0.3 is 20.9 Å². The summed E-state index contributed by atoms with van der Waals surface area (Å²) in [7, 11) is 0. The highest BCUT2D eigenvalue weighted by Gasteiger charge is 2.70. The van der Waals surface area contributed by atoms with Crippen molar-refractivity contribution >= 4 is 29.2 Å². The molecule has 8 nitrogen and oxygen atoms in total. The van der Waals surface area contributed by atoms with Gasteiger partial charge in [-0.25, -0.2) is 13.8 Å². The average Bonchev–Trinajstić information content (AvgIpc) is 3.64. The molecule has 0 unspecified atom stereocenters. The Balaban J connectivity index is 1.64. The fourth-order valence-corrected chi connectivity index (χ4v) is 4.48. The maximum atomic E-state index is 14.1. The molecule has 2 fully saturated rings. The molecule has 2 atom stereocenters. The Bertz CT molecular complexity index is 1260. The summed E-state index contributed by atoms with van der Waals surface area (Å²) in [6.07, 6.45) is -4.21. The number of nitrogens with zero attached hydrogens (tertiary/aromatic N) is 3. The van der Waals surface area contributed by atoms with Crippen LogP contribution in [0.5, 0.6) is 0 Å². The molecule has 3 N–H and O–H groups in total. The van der Waals surface area contributed by atoms with Crippen LogP contribution in [0.1, 0.15) is 36.9 Å². The molecule has 0 radical (unpaired) electrons. The van der Waals surface area contributed by atoms with Crippen LogP contribution in [0.3, 0.4) is 0 Å². The number of nitrogens with one attached hydrogen (secondary N) is 1. The number of alkyl halides is 3. The molecule has 1 aromatic heterocycles. The molecule has 37 heavy (non-hydrogen) atoms. The number of nitrogens with two attached hydrogens (primary N) is 1. The maximum Gasteiger partial charge on any atom is 0.403 e. The Morgan fingerprint density at radius 2 is 1.76 bits per heavy atom. The van der Waals surface area contributed by atoms with Gasteiger partial charge in [0.1, 0.15) is 11.2 Å². The fourth-order valence-electron chi connectivity index (χ4n) is 4.48. The van der Waals surface area contributed by atoms with Crippen LogP contribution in [0.25, 0.3) is 0 Å². The highest BCUT2D eigenvalue weighted by Crippen LogP contribution is 2.59. The minimum absolute atomic E-state index is 0.0200. The molecule has 0 spiro atoms. The van der Waals surface area contributed by atoms with Crippen molar-refractivity contribution in [2.75, 3.05) is 24.1 Å². The quantitative estimate of drug-likeness (QED) is 0.472. The summed E-state index contributed by atoms with van der Waals surface area (Å²) < 4.78 is 68.6. The number of carbonyl (C=O) groups is 3. The number of hydrogen-bond acceptors (Lipinski definition) is 5. The number of hydrogen-bond donors (Lipinski definition) is 2. The van der Waals surface area contributed by atoms with Crippen molar-refractivity contribution in [3.05, 3.63) is 53.2 Å². The third kappa shape index (κ3) is 4.81. The fraction of sp³-hybridized carbons (Fsp3) is 0.417. The van der Waals surface area contributed by atoms with E-state index in [2.05, 4.69) is 10.3 Å². The number of halogens is 5. The molecule has 2 aromatic rings. The first-order chi connectivity index (χ1) is 17.2. The second-order valence-electron chi connectivity index (χ2n) is 9.41. The minimum atomic E-state index is -4.75. The number of aryl methyl sites for hydroxylation is 1. The van der Waals surface area contributed by atoms with Gasteiger partial charge in [-0.3, -0.25) is 14.4 Å². The summed E-state index contributed by atoms with van der Waals surface area (Å²) in [4.78, 5) is 45.0. The van der Waals surface area contributed by atoms with E-state index >= 15 is 0 Å². The van der Waals surface area contributed by atoms with Gasteiger partial charge in [0.2, 0.25) is 5.91 Å². The SMILES string of the molecule is Cc1cc(NC(=O)C(=O)N2C[C@@H](C)N(C(=O)C3(C(F)(F)F)CC3)C[C@@H]2c2ccc(F)c(F)c2)cnc1N. The maximum absolute atomic E-state index is 14.1. The first-order valence-corrected chi connectivity index (χ1v) is 11.4. The molecular weight excluding hydrogens is 501 g/mol. The lowest BCUT2D eigenvalue weighted by Crippen LogP contribution is -2.60. The number of piperazine rings is 1. The van der Waals surface area contributed by atoms with Crippen LogP contribution in [-0.2, 0) is 14.4 Å². The first-order valence-electron chi connectivity index (χ1n) is 11.4. The summed E-state index contributed by atoms with van der Waals surface area (Å²) in [6.45, 7) is 2.35. The van der Waals surface area contributed by atoms with Crippen molar-refractivity contribution in [3.8, 4) is 0 Å². The highest BCUT2D eigenvalue weighted by atomic mass is 19.4. The van der Waals surface area contributed by atoms with Gasteiger partial charge in [-0.05, 0) is 56.0 Å². The van der Waals surface area contributed by atoms with Crippen molar-refractivity contribution in [3.63, 3.8) is 0 Å². The summed E-state index contributed by atoms with van der Waals surface area (Å²) in [6, 6.07) is 2.16. The zero-order valence-electron chi connectivity index (χ0n) is 19.9. The van der Waals surface area contributed by atoms with Gasteiger partial charge >= 0.3 is 18.0 Å². The van der Waals surface area contributed by atoms with E-state index in [-0.39, 0.29) is 36.5 Å².